The van der Waals surface area contributed by atoms with Crippen molar-refractivity contribution in [3.8, 4) is 5.75 Å². The summed E-state index contributed by atoms with van der Waals surface area (Å²) in [5.74, 6) is 0.175. The molecule has 37 heavy (non-hydrogen) atoms. The summed E-state index contributed by atoms with van der Waals surface area (Å²) >= 11 is 0. The molecule has 198 valence electrons. The molecule has 2 atom stereocenters. The van der Waals surface area contributed by atoms with Gasteiger partial charge in [0.05, 0.1) is 37.0 Å². The largest absolute Gasteiger partial charge is 0.482 e. The van der Waals surface area contributed by atoms with Gasteiger partial charge in [-0.05, 0) is 43.8 Å². The van der Waals surface area contributed by atoms with Gasteiger partial charge in [-0.1, -0.05) is 30.3 Å². The first-order chi connectivity index (χ1) is 17.0. The van der Waals surface area contributed by atoms with Crippen molar-refractivity contribution < 1.29 is 19.1 Å². The van der Waals surface area contributed by atoms with E-state index >= 15 is 0 Å². The number of ether oxygens (including phenoxy) is 2. The van der Waals surface area contributed by atoms with Crippen LogP contribution in [0.3, 0.4) is 0 Å². The highest BCUT2D eigenvalue weighted by molar-refractivity contribution is 6.02. The van der Waals surface area contributed by atoms with Crippen molar-refractivity contribution in [2.45, 2.75) is 44.0 Å². The molecule has 1 aromatic heterocycles. The maximum absolute atomic E-state index is 14.3. The second-order valence-corrected chi connectivity index (χ2v) is 9.11. The molecule has 1 fully saturated rings. The number of rotatable bonds is 5. The Balaban J connectivity index is 0.00000190. The summed E-state index contributed by atoms with van der Waals surface area (Å²) in [7, 11) is 1.72. The Labute approximate surface area is 228 Å². The number of nitrogens with zero attached hydrogens (tertiary/aromatic N) is 2. The van der Waals surface area contributed by atoms with Crippen LogP contribution in [-0.2, 0) is 20.9 Å². The van der Waals surface area contributed by atoms with E-state index in [0.29, 0.717) is 44.0 Å². The van der Waals surface area contributed by atoms with Crippen LogP contribution in [0.25, 0.3) is 10.9 Å². The number of likely N-dealkylation sites (N-methyl/N-ethyl adjacent to an activating group) is 1. The Hall–Kier alpha value is -2.91. The predicted molar refractivity (Wildman–Crippen MR) is 148 cm³/mol. The fourth-order valence-electron chi connectivity index (χ4n) is 4.87. The Morgan fingerprint density at radius 1 is 1.11 bits per heavy atom. The Kier molecular flexibility index (Phi) is 9.36. The topological polar surface area (TPSA) is 92.8 Å². The van der Waals surface area contributed by atoms with Crippen molar-refractivity contribution in [3.63, 3.8) is 0 Å². The van der Waals surface area contributed by atoms with Gasteiger partial charge in [-0.2, -0.15) is 0 Å². The van der Waals surface area contributed by atoms with E-state index in [1.165, 1.54) is 0 Å². The van der Waals surface area contributed by atoms with Gasteiger partial charge in [-0.3, -0.25) is 14.6 Å². The van der Waals surface area contributed by atoms with E-state index < -0.39 is 17.7 Å². The molecule has 8 nitrogen and oxygen atoms in total. The molecule has 0 radical (unpaired) electrons. The van der Waals surface area contributed by atoms with E-state index in [4.69, 9.17) is 9.47 Å². The molecule has 1 spiro atoms. The van der Waals surface area contributed by atoms with Crippen LogP contribution in [0, 0.1) is 0 Å². The van der Waals surface area contributed by atoms with Gasteiger partial charge in [0, 0.05) is 24.4 Å². The SMILES string of the molecule is CN[C@@H](C)C(=O)N[C@@H]1C(=O)N(Cc2ccnc3ccccc23)c2ccccc2OC12CCOCC2.Cl.Cl. The van der Waals surface area contributed by atoms with E-state index in [2.05, 4.69) is 15.6 Å². The zero-order valence-corrected chi connectivity index (χ0v) is 22.4. The van der Waals surface area contributed by atoms with Crippen LogP contribution in [-0.4, -0.2) is 54.7 Å². The molecule has 2 aromatic carbocycles. The van der Waals surface area contributed by atoms with E-state index in [9.17, 15) is 9.59 Å². The number of hydrogen-bond acceptors (Lipinski definition) is 6. The lowest BCUT2D eigenvalue weighted by Crippen LogP contribution is -2.65. The van der Waals surface area contributed by atoms with Crippen LogP contribution in [0.2, 0.25) is 0 Å². The van der Waals surface area contributed by atoms with Crippen molar-refractivity contribution in [2.75, 3.05) is 25.2 Å². The average molecular weight is 547 g/mol. The normalized spacial score (nSPS) is 19.0. The van der Waals surface area contributed by atoms with Gasteiger partial charge in [0.15, 0.2) is 0 Å². The predicted octanol–water partition coefficient (Wildman–Crippen LogP) is 3.65. The molecular formula is C27H32Cl2N4O4. The number of nitrogens with one attached hydrogen (secondary N) is 2. The van der Waals surface area contributed by atoms with Crippen molar-refractivity contribution >= 4 is 53.2 Å². The Morgan fingerprint density at radius 2 is 1.81 bits per heavy atom. The molecule has 2 amide bonds. The maximum Gasteiger partial charge on any atom is 0.254 e. The first kappa shape index (κ1) is 28.7. The zero-order chi connectivity index (χ0) is 24.4. The number of carbonyl (C=O) groups is 2. The molecule has 3 aromatic rings. The number of para-hydroxylation sites is 3. The summed E-state index contributed by atoms with van der Waals surface area (Å²) in [4.78, 5) is 33.5. The monoisotopic (exact) mass is 546 g/mol. The number of carbonyl (C=O) groups excluding carboxylic acids is 2. The third-order valence-corrected chi connectivity index (χ3v) is 7.03. The summed E-state index contributed by atoms with van der Waals surface area (Å²) < 4.78 is 12.3. The molecule has 3 heterocycles. The number of amides is 2. The van der Waals surface area contributed by atoms with Crippen molar-refractivity contribution in [1.29, 1.82) is 0 Å². The van der Waals surface area contributed by atoms with Gasteiger partial charge < -0.3 is 25.0 Å². The molecule has 5 rings (SSSR count). The minimum Gasteiger partial charge on any atom is -0.482 e. The number of halogens is 2. The van der Waals surface area contributed by atoms with Gasteiger partial charge in [-0.25, -0.2) is 0 Å². The highest BCUT2D eigenvalue weighted by Gasteiger charge is 2.51. The molecule has 1 saturated heterocycles. The van der Waals surface area contributed by atoms with Crippen LogP contribution >= 0.6 is 24.8 Å². The van der Waals surface area contributed by atoms with E-state index in [-0.39, 0.29) is 36.6 Å². The molecule has 2 aliphatic rings. The van der Waals surface area contributed by atoms with Gasteiger partial charge in [0.2, 0.25) is 5.91 Å². The quantitative estimate of drug-likeness (QED) is 0.507. The van der Waals surface area contributed by atoms with Crippen molar-refractivity contribution in [2.24, 2.45) is 0 Å². The number of hydrogen-bond donors (Lipinski definition) is 2. The summed E-state index contributed by atoms with van der Waals surface area (Å²) in [6.45, 7) is 3.00. The number of benzene rings is 2. The smallest absolute Gasteiger partial charge is 0.254 e. The van der Waals surface area contributed by atoms with Crippen molar-refractivity contribution in [1.82, 2.24) is 15.6 Å². The molecule has 2 aliphatic heterocycles. The van der Waals surface area contributed by atoms with Gasteiger partial charge in [0.1, 0.15) is 17.4 Å². The number of fused-ring (bicyclic) bond motifs is 2. The molecule has 0 aliphatic carbocycles. The fraction of sp³-hybridized carbons (Fsp3) is 0.370. The minimum absolute atomic E-state index is 0. The summed E-state index contributed by atoms with van der Waals surface area (Å²) in [5, 5.41) is 6.96. The molecule has 0 bridgehead atoms. The summed E-state index contributed by atoms with van der Waals surface area (Å²) in [6, 6.07) is 16.1. The van der Waals surface area contributed by atoms with Crippen LogP contribution in [0.5, 0.6) is 5.75 Å². The Bertz CT molecular complexity index is 1250. The third kappa shape index (κ3) is 5.52. The molecular weight excluding hydrogens is 515 g/mol. The first-order valence-corrected chi connectivity index (χ1v) is 12.0. The van der Waals surface area contributed by atoms with Gasteiger partial charge in [-0.15, -0.1) is 24.8 Å². The summed E-state index contributed by atoms with van der Waals surface area (Å²) in [6.07, 6.45) is 2.76. The molecule has 0 unspecified atom stereocenters. The van der Waals surface area contributed by atoms with Gasteiger partial charge >= 0.3 is 0 Å². The number of pyridine rings is 1. The molecule has 10 heteroatoms. The highest BCUT2D eigenvalue weighted by Crippen LogP contribution is 2.41. The number of aromatic nitrogens is 1. The highest BCUT2D eigenvalue weighted by atomic mass is 35.5. The number of anilines is 1. The van der Waals surface area contributed by atoms with E-state index in [0.717, 1.165) is 16.5 Å². The lowest BCUT2D eigenvalue weighted by atomic mass is 9.84. The first-order valence-electron chi connectivity index (χ1n) is 12.0. The molecule has 0 saturated carbocycles. The van der Waals surface area contributed by atoms with E-state index in [1.54, 1.807) is 25.1 Å². The van der Waals surface area contributed by atoms with Crippen LogP contribution in [0.4, 0.5) is 5.69 Å². The third-order valence-electron chi connectivity index (χ3n) is 7.03. The van der Waals surface area contributed by atoms with Crippen molar-refractivity contribution in [3.05, 3.63) is 66.4 Å². The maximum atomic E-state index is 14.3. The lowest BCUT2D eigenvalue weighted by molar-refractivity contribution is -0.138. The van der Waals surface area contributed by atoms with Gasteiger partial charge in [0.25, 0.3) is 5.91 Å². The second kappa shape index (κ2) is 12.1. The van der Waals surface area contributed by atoms with Crippen LogP contribution in [0.15, 0.2) is 60.8 Å². The molecule has 2 N–H and O–H groups in total. The fourth-order valence-corrected chi connectivity index (χ4v) is 4.87. The minimum atomic E-state index is -0.899. The summed E-state index contributed by atoms with van der Waals surface area (Å²) in [5.41, 5.74) is 1.62. The zero-order valence-electron chi connectivity index (χ0n) is 20.8. The average Bonchev–Trinajstić information content (AvgIpc) is 2.98. The Morgan fingerprint density at radius 3 is 2.57 bits per heavy atom. The lowest BCUT2D eigenvalue weighted by Gasteiger charge is -2.41. The second-order valence-electron chi connectivity index (χ2n) is 9.11. The van der Waals surface area contributed by atoms with E-state index in [1.807, 2.05) is 54.6 Å². The van der Waals surface area contributed by atoms with Crippen LogP contribution < -0.4 is 20.3 Å². The standard InChI is InChI=1S/C27H30N4O4.2ClH/c1-18(28-2)25(32)30-24-26(33)31(17-19-11-14-29-21-8-4-3-7-20(19)21)22-9-5-6-10-23(22)35-27(24)12-15-34-16-13-27;;/h3-11,14,18,24,28H,12-13,15-17H2,1-2H3,(H,30,32);2*1H/t18-,24+;;/m0../s1. The van der Waals surface area contributed by atoms with Crippen LogP contribution in [0.1, 0.15) is 25.3 Å².